The molecule has 1 aliphatic rings. The lowest BCUT2D eigenvalue weighted by Crippen LogP contribution is -2.67. The van der Waals surface area contributed by atoms with Crippen LogP contribution in [0.1, 0.15) is 54.4 Å². The van der Waals surface area contributed by atoms with E-state index in [1.54, 1.807) is 6.92 Å². The summed E-state index contributed by atoms with van der Waals surface area (Å²) in [5, 5.41) is 11.7. The first-order valence-corrected chi connectivity index (χ1v) is 6.16. The fraction of sp³-hybridized carbons (Fsp3) is 0.923. The molecule has 1 aliphatic heterocycles. The lowest BCUT2D eigenvalue weighted by atomic mass is 9.70. The summed E-state index contributed by atoms with van der Waals surface area (Å²) in [5.41, 5.74) is -0.877. The maximum Gasteiger partial charge on any atom is 0.219 e. The van der Waals surface area contributed by atoms with Crippen molar-refractivity contribution in [2.45, 2.75) is 71.0 Å². The smallest absolute Gasteiger partial charge is 0.219 e. The molecule has 100 valence electrons. The normalized spacial score (nSPS) is 26.6. The van der Waals surface area contributed by atoms with Crippen LogP contribution in [-0.2, 0) is 4.79 Å². The summed E-state index contributed by atoms with van der Waals surface area (Å²) >= 11 is 0. The Bertz CT molecular complexity index is 305. The molecule has 1 fully saturated rings. The Morgan fingerprint density at radius 1 is 1.12 bits per heavy atom. The van der Waals surface area contributed by atoms with Crippen LogP contribution in [0.4, 0.5) is 0 Å². The zero-order chi connectivity index (χ0) is 13.6. The Balaban J connectivity index is 3.10. The van der Waals surface area contributed by atoms with Crippen molar-refractivity contribution in [2.24, 2.45) is 0 Å². The van der Waals surface area contributed by atoms with E-state index >= 15 is 0 Å². The van der Waals surface area contributed by atoms with Gasteiger partial charge in [-0.1, -0.05) is 0 Å². The second-order valence-electron chi connectivity index (χ2n) is 6.87. The van der Waals surface area contributed by atoms with Crippen LogP contribution in [0.25, 0.3) is 0 Å². The van der Waals surface area contributed by atoms with Crippen molar-refractivity contribution in [2.75, 3.05) is 7.05 Å². The zero-order valence-corrected chi connectivity index (χ0v) is 12.2. The number of piperidine rings is 1. The molecule has 0 radical (unpaired) electrons. The molecule has 0 aromatic carbocycles. The monoisotopic (exact) mass is 242 g/mol. The van der Waals surface area contributed by atoms with Crippen LogP contribution in [0.15, 0.2) is 0 Å². The fourth-order valence-electron chi connectivity index (χ4n) is 3.51. The van der Waals surface area contributed by atoms with Gasteiger partial charge in [-0.15, -0.1) is 0 Å². The van der Waals surface area contributed by atoms with Crippen molar-refractivity contribution in [1.29, 1.82) is 0 Å². The molecule has 4 heteroatoms. The van der Waals surface area contributed by atoms with E-state index in [0.717, 1.165) is 12.8 Å². The molecular formula is C13H26N2O2. The quantitative estimate of drug-likeness (QED) is 0.767. The predicted octanol–water partition coefficient (Wildman–Crippen LogP) is 2.27. The van der Waals surface area contributed by atoms with Crippen molar-refractivity contribution in [3.63, 3.8) is 0 Å². The van der Waals surface area contributed by atoms with Crippen LogP contribution in [0.3, 0.4) is 0 Å². The van der Waals surface area contributed by atoms with E-state index in [-0.39, 0.29) is 22.5 Å². The number of amides is 1. The molecule has 0 bridgehead atoms. The van der Waals surface area contributed by atoms with Crippen molar-refractivity contribution in [3.05, 3.63) is 0 Å². The first-order valence-electron chi connectivity index (χ1n) is 6.16. The number of hydroxylamine groups is 2. The molecular weight excluding hydrogens is 216 g/mol. The highest BCUT2D eigenvalue weighted by Crippen LogP contribution is 2.44. The zero-order valence-electron chi connectivity index (χ0n) is 12.2. The average Bonchev–Trinajstić information content (AvgIpc) is 2.11. The number of hydrogen-bond donors (Lipinski definition) is 1. The largest absolute Gasteiger partial charge is 0.340 e. The molecule has 0 spiro atoms. The first-order chi connectivity index (χ1) is 7.42. The fourth-order valence-corrected chi connectivity index (χ4v) is 3.51. The first kappa shape index (κ1) is 14.5. The van der Waals surface area contributed by atoms with Gasteiger partial charge in [-0.05, 0) is 47.5 Å². The van der Waals surface area contributed by atoms with Gasteiger partial charge in [0.1, 0.15) is 0 Å². The van der Waals surface area contributed by atoms with Crippen molar-refractivity contribution in [3.8, 4) is 0 Å². The highest BCUT2D eigenvalue weighted by atomic mass is 16.5. The molecule has 4 nitrogen and oxygen atoms in total. The van der Waals surface area contributed by atoms with E-state index in [4.69, 9.17) is 0 Å². The summed E-state index contributed by atoms with van der Waals surface area (Å²) in [6, 6.07) is 0. The summed E-state index contributed by atoms with van der Waals surface area (Å²) in [5.74, 6) is 0.0745. The minimum absolute atomic E-state index is 0.0745. The Morgan fingerprint density at radius 3 is 1.76 bits per heavy atom. The highest BCUT2D eigenvalue weighted by Gasteiger charge is 2.52. The lowest BCUT2D eigenvalue weighted by molar-refractivity contribution is -0.261. The number of carbonyl (C=O) groups is 1. The van der Waals surface area contributed by atoms with Gasteiger partial charge in [0.2, 0.25) is 5.91 Å². The standard InChI is InChI=1S/C13H26N2O2/c1-10(16)14(7)13(6)8-11(2,3)15(17)12(4,5)9-13/h17H,8-9H2,1-7H3. The summed E-state index contributed by atoms with van der Waals surface area (Å²) in [7, 11) is 1.85. The summed E-state index contributed by atoms with van der Waals surface area (Å²) in [6.07, 6.45) is 1.52. The van der Waals surface area contributed by atoms with Gasteiger partial charge in [-0.25, -0.2) is 0 Å². The van der Waals surface area contributed by atoms with Gasteiger partial charge in [0.05, 0.1) is 0 Å². The van der Waals surface area contributed by atoms with Gasteiger partial charge < -0.3 is 10.1 Å². The third kappa shape index (κ3) is 2.47. The molecule has 0 unspecified atom stereocenters. The Kier molecular flexibility index (Phi) is 3.36. The second-order valence-corrected chi connectivity index (χ2v) is 6.87. The molecule has 1 rings (SSSR count). The molecule has 1 saturated heterocycles. The third-order valence-corrected chi connectivity index (χ3v) is 4.06. The summed E-state index contributed by atoms with van der Waals surface area (Å²) < 4.78 is 0. The maximum absolute atomic E-state index is 11.6. The van der Waals surface area contributed by atoms with E-state index in [1.807, 2.05) is 39.6 Å². The number of nitrogens with zero attached hydrogens (tertiary/aromatic N) is 2. The second kappa shape index (κ2) is 3.95. The minimum Gasteiger partial charge on any atom is -0.340 e. The van der Waals surface area contributed by atoms with Crippen LogP contribution in [0, 0.1) is 0 Å². The van der Waals surface area contributed by atoms with Crippen molar-refractivity contribution >= 4 is 5.91 Å². The number of rotatable bonds is 1. The lowest BCUT2D eigenvalue weighted by Gasteiger charge is -2.57. The summed E-state index contributed by atoms with van der Waals surface area (Å²) in [4.78, 5) is 13.4. The van der Waals surface area contributed by atoms with E-state index in [2.05, 4.69) is 6.92 Å². The van der Waals surface area contributed by atoms with Crippen LogP contribution in [0.2, 0.25) is 0 Å². The van der Waals surface area contributed by atoms with Gasteiger partial charge in [0, 0.05) is 30.6 Å². The molecule has 1 amide bonds. The molecule has 1 N–H and O–H groups in total. The van der Waals surface area contributed by atoms with Crippen LogP contribution in [-0.4, -0.2) is 44.7 Å². The van der Waals surface area contributed by atoms with Crippen LogP contribution >= 0.6 is 0 Å². The van der Waals surface area contributed by atoms with E-state index in [0.29, 0.717) is 0 Å². The molecule has 17 heavy (non-hydrogen) atoms. The summed E-state index contributed by atoms with van der Waals surface area (Å²) in [6.45, 7) is 11.8. The predicted molar refractivity (Wildman–Crippen MR) is 67.9 cm³/mol. The molecule has 0 aromatic rings. The third-order valence-electron chi connectivity index (χ3n) is 4.06. The van der Waals surface area contributed by atoms with Gasteiger partial charge in [0.25, 0.3) is 0 Å². The Labute approximate surface area is 105 Å². The molecule has 0 aliphatic carbocycles. The van der Waals surface area contributed by atoms with Gasteiger partial charge in [-0.3, -0.25) is 4.79 Å². The molecule has 0 saturated carbocycles. The molecule has 0 aromatic heterocycles. The van der Waals surface area contributed by atoms with E-state index in [1.165, 1.54) is 5.06 Å². The topological polar surface area (TPSA) is 43.8 Å². The molecule has 1 heterocycles. The number of carbonyl (C=O) groups excluding carboxylic acids is 1. The van der Waals surface area contributed by atoms with Gasteiger partial charge in [0.15, 0.2) is 0 Å². The SMILES string of the molecule is CC(=O)N(C)C1(C)CC(C)(C)N(O)C(C)(C)C1. The van der Waals surface area contributed by atoms with Gasteiger partial charge >= 0.3 is 0 Å². The van der Waals surface area contributed by atoms with E-state index < -0.39 is 0 Å². The van der Waals surface area contributed by atoms with E-state index in [9.17, 15) is 10.0 Å². The number of hydrogen-bond acceptors (Lipinski definition) is 3. The highest BCUT2D eigenvalue weighted by molar-refractivity contribution is 5.73. The van der Waals surface area contributed by atoms with Crippen LogP contribution in [0.5, 0.6) is 0 Å². The maximum atomic E-state index is 11.6. The minimum atomic E-state index is -0.333. The van der Waals surface area contributed by atoms with Gasteiger partial charge in [-0.2, -0.15) is 5.06 Å². The van der Waals surface area contributed by atoms with Crippen LogP contribution < -0.4 is 0 Å². The Hall–Kier alpha value is -0.610. The van der Waals surface area contributed by atoms with Crippen molar-refractivity contribution in [1.82, 2.24) is 9.96 Å². The Morgan fingerprint density at radius 2 is 1.47 bits per heavy atom. The average molecular weight is 242 g/mol. The molecule has 0 atom stereocenters. The van der Waals surface area contributed by atoms with Crippen molar-refractivity contribution < 1.29 is 10.0 Å².